The molecule has 2 rings (SSSR count). The van der Waals surface area contributed by atoms with E-state index in [1.54, 1.807) is 0 Å². The summed E-state index contributed by atoms with van der Waals surface area (Å²) in [5.74, 6) is -2.21. The van der Waals surface area contributed by atoms with E-state index in [9.17, 15) is 27.3 Å². The van der Waals surface area contributed by atoms with Crippen LogP contribution in [0.25, 0.3) is 0 Å². The molecule has 0 aromatic heterocycles. The van der Waals surface area contributed by atoms with Gasteiger partial charge in [0, 0.05) is 11.1 Å². The molecule has 0 bridgehead atoms. The largest absolute Gasteiger partial charge is 0.306 e. The molecule has 0 aliphatic rings. The predicted octanol–water partition coefficient (Wildman–Crippen LogP) is 3.33. The average Bonchev–Trinajstić information content (AvgIpc) is 2.39. The van der Waals surface area contributed by atoms with Gasteiger partial charge in [-0.25, -0.2) is 12.8 Å². The van der Waals surface area contributed by atoms with Crippen LogP contribution in [0.4, 0.5) is 20.2 Å². The van der Waals surface area contributed by atoms with Gasteiger partial charge in [0.25, 0.3) is 10.0 Å². The fraction of sp³-hybridized carbons (Fsp3) is 0. The van der Waals surface area contributed by atoms with Crippen LogP contribution in [0.5, 0.6) is 0 Å². The Morgan fingerprint density at radius 1 is 1.09 bits per heavy atom. The van der Waals surface area contributed by atoms with E-state index >= 15 is 0 Å². The number of halogens is 3. The molecule has 2 aromatic rings. The number of hydrogen-bond acceptors (Lipinski definition) is 4. The van der Waals surface area contributed by atoms with Gasteiger partial charge in [-0.2, -0.15) is 4.39 Å². The van der Waals surface area contributed by atoms with Gasteiger partial charge in [0.1, 0.15) is 10.7 Å². The molecule has 0 aliphatic carbocycles. The minimum absolute atomic E-state index is 0.00821. The number of benzene rings is 2. The molecule has 1 N–H and O–H groups in total. The van der Waals surface area contributed by atoms with Crippen molar-refractivity contribution < 1.29 is 22.1 Å². The lowest BCUT2D eigenvalue weighted by atomic mass is 10.3. The van der Waals surface area contributed by atoms with Crippen LogP contribution in [0.1, 0.15) is 0 Å². The molecular weight excluding hydrogens is 342 g/mol. The van der Waals surface area contributed by atoms with Gasteiger partial charge >= 0.3 is 5.69 Å². The fourth-order valence-electron chi connectivity index (χ4n) is 1.62. The van der Waals surface area contributed by atoms with Crippen molar-refractivity contribution in [2.24, 2.45) is 0 Å². The van der Waals surface area contributed by atoms with E-state index < -0.39 is 37.2 Å². The molecule has 0 aliphatic heterocycles. The second kappa shape index (κ2) is 5.85. The lowest BCUT2D eigenvalue weighted by molar-refractivity contribution is -0.387. The first kappa shape index (κ1) is 16.1. The first-order chi connectivity index (χ1) is 10.2. The van der Waals surface area contributed by atoms with Crippen molar-refractivity contribution in [1.29, 1.82) is 0 Å². The van der Waals surface area contributed by atoms with Gasteiger partial charge < -0.3 is 0 Å². The Kier molecular flexibility index (Phi) is 4.29. The van der Waals surface area contributed by atoms with Gasteiger partial charge in [-0.15, -0.1) is 0 Å². The molecule has 0 fully saturated rings. The molecule has 0 heterocycles. The van der Waals surface area contributed by atoms with Crippen LogP contribution in [-0.2, 0) is 10.0 Å². The van der Waals surface area contributed by atoms with Crippen LogP contribution in [0.3, 0.4) is 0 Å². The van der Waals surface area contributed by atoms with Gasteiger partial charge in [0.05, 0.1) is 10.6 Å². The summed E-state index contributed by atoms with van der Waals surface area (Å²) in [7, 11) is -4.34. The molecule has 0 amide bonds. The predicted molar refractivity (Wildman–Crippen MR) is 75.3 cm³/mol. The summed E-state index contributed by atoms with van der Waals surface area (Å²) in [5, 5.41) is 10.6. The molecule has 22 heavy (non-hydrogen) atoms. The maximum Gasteiger partial charge on any atom is 0.306 e. The summed E-state index contributed by atoms with van der Waals surface area (Å²) in [4.78, 5) is 8.92. The molecule has 0 radical (unpaired) electrons. The van der Waals surface area contributed by atoms with Crippen molar-refractivity contribution in [2.45, 2.75) is 4.90 Å². The van der Waals surface area contributed by atoms with Crippen molar-refractivity contribution in [3.05, 3.63) is 63.2 Å². The summed E-state index contributed by atoms with van der Waals surface area (Å²) in [6.45, 7) is 0. The molecule has 0 saturated carbocycles. The molecule has 0 unspecified atom stereocenters. The Morgan fingerprint density at radius 2 is 1.77 bits per heavy atom. The topological polar surface area (TPSA) is 89.3 Å². The number of nitro groups is 1. The molecule has 10 heteroatoms. The Labute approximate surface area is 128 Å². The van der Waals surface area contributed by atoms with Crippen molar-refractivity contribution >= 4 is 33.0 Å². The number of sulfonamides is 1. The lowest BCUT2D eigenvalue weighted by Crippen LogP contribution is -2.14. The van der Waals surface area contributed by atoms with Crippen LogP contribution >= 0.6 is 11.6 Å². The minimum atomic E-state index is -4.34. The second-order valence-electron chi connectivity index (χ2n) is 4.10. The molecule has 2 aromatic carbocycles. The van der Waals surface area contributed by atoms with E-state index in [4.69, 9.17) is 11.6 Å². The van der Waals surface area contributed by atoms with Crippen LogP contribution in [-0.4, -0.2) is 13.3 Å². The van der Waals surface area contributed by atoms with E-state index in [2.05, 4.69) is 0 Å². The molecule has 116 valence electrons. The number of nitro benzene ring substituents is 1. The first-order valence-corrected chi connectivity index (χ1v) is 7.48. The SMILES string of the molecule is O=[N+]([O-])c1cc(NS(=O)(=O)c2ccc(Cl)cc2F)ccc1F. The summed E-state index contributed by atoms with van der Waals surface area (Å²) < 4.78 is 52.9. The highest BCUT2D eigenvalue weighted by Crippen LogP contribution is 2.25. The minimum Gasteiger partial charge on any atom is -0.279 e. The molecular formula is C12H7ClF2N2O4S. The van der Waals surface area contributed by atoms with Gasteiger partial charge in [0.15, 0.2) is 0 Å². The van der Waals surface area contributed by atoms with Gasteiger partial charge in [-0.3, -0.25) is 14.8 Å². The second-order valence-corrected chi connectivity index (χ2v) is 6.19. The molecule has 0 atom stereocenters. The Balaban J connectivity index is 2.41. The van der Waals surface area contributed by atoms with E-state index in [0.29, 0.717) is 6.07 Å². The van der Waals surface area contributed by atoms with Gasteiger partial charge in [-0.05, 0) is 30.3 Å². The zero-order chi connectivity index (χ0) is 16.5. The highest BCUT2D eigenvalue weighted by molar-refractivity contribution is 7.92. The monoisotopic (exact) mass is 348 g/mol. The maximum absolute atomic E-state index is 13.6. The fourth-order valence-corrected chi connectivity index (χ4v) is 2.89. The van der Waals surface area contributed by atoms with Crippen LogP contribution in [0.2, 0.25) is 5.02 Å². The number of hydrogen-bond donors (Lipinski definition) is 1. The summed E-state index contributed by atoms with van der Waals surface area (Å²) >= 11 is 5.53. The van der Waals surface area contributed by atoms with E-state index in [0.717, 1.165) is 24.3 Å². The third-order valence-corrected chi connectivity index (χ3v) is 4.23. The van der Waals surface area contributed by atoms with Crippen molar-refractivity contribution in [3.8, 4) is 0 Å². The maximum atomic E-state index is 13.6. The van der Waals surface area contributed by atoms with Gasteiger partial charge in [-0.1, -0.05) is 11.6 Å². The Hall–Kier alpha value is -2.26. The van der Waals surface area contributed by atoms with E-state index in [-0.39, 0.29) is 10.7 Å². The Morgan fingerprint density at radius 3 is 2.36 bits per heavy atom. The smallest absolute Gasteiger partial charge is 0.279 e. The quantitative estimate of drug-likeness (QED) is 0.678. The van der Waals surface area contributed by atoms with Crippen LogP contribution in [0.15, 0.2) is 41.3 Å². The number of anilines is 1. The third-order valence-electron chi connectivity index (χ3n) is 2.58. The molecule has 6 nitrogen and oxygen atoms in total. The summed E-state index contributed by atoms with van der Waals surface area (Å²) in [6, 6.07) is 5.33. The number of nitrogens with zero attached hydrogens (tertiary/aromatic N) is 1. The highest BCUT2D eigenvalue weighted by atomic mass is 35.5. The van der Waals surface area contributed by atoms with E-state index in [1.165, 1.54) is 6.07 Å². The standard InChI is InChI=1S/C12H7ClF2N2O4S/c13-7-1-4-12(10(15)5-7)22(20,21)16-8-2-3-9(14)11(6-8)17(18)19/h1-6,16H. The first-order valence-electron chi connectivity index (χ1n) is 5.62. The number of rotatable bonds is 4. The highest BCUT2D eigenvalue weighted by Gasteiger charge is 2.21. The zero-order valence-corrected chi connectivity index (χ0v) is 12.2. The normalized spacial score (nSPS) is 11.2. The van der Waals surface area contributed by atoms with E-state index in [1.807, 2.05) is 4.72 Å². The lowest BCUT2D eigenvalue weighted by Gasteiger charge is -2.09. The van der Waals surface area contributed by atoms with Gasteiger partial charge in [0.2, 0.25) is 5.82 Å². The Bertz CT molecular complexity index is 858. The van der Waals surface area contributed by atoms with Crippen molar-refractivity contribution in [1.82, 2.24) is 0 Å². The molecule has 0 saturated heterocycles. The van der Waals surface area contributed by atoms with Crippen LogP contribution < -0.4 is 4.72 Å². The summed E-state index contributed by atoms with van der Waals surface area (Å²) in [5.41, 5.74) is -1.18. The van der Waals surface area contributed by atoms with Crippen molar-refractivity contribution in [2.75, 3.05) is 4.72 Å². The van der Waals surface area contributed by atoms with Crippen molar-refractivity contribution in [3.63, 3.8) is 0 Å². The zero-order valence-electron chi connectivity index (χ0n) is 10.6. The summed E-state index contributed by atoms with van der Waals surface area (Å²) in [6.07, 6.45) is 0. The average molecular weight is 349 g/mol. The van der Waals surface area contributed by atoms with Crippen LogP contribution in [0, 0.1) is 21.7 Å². The third kappa shape index (κ3) is 3.31. The molecule has 0 spiro atoms. The number of nitrogens with one attached hydrogen (secondary N) is 1.